The summed E-state index contributed by atoms with van der Waals surface area (Å²) in [5.74, 6) is 0.319. The van der Waals surface area contributed by atoms with E-state index in [-0.39, 0.29) is 22.8 Å². The minimum atomic E-state index is -0.620. The van der Waals surface area contributed by atoms with Crippen molar-refractivity contribution in [3.8, 4) is 11.1 Å². The Hall–Kier alpha value is -1.78. The zero-order chi connectivity index (χ0) is 25.1. The topological polar surface area (TPSA) is 15.3 Å². The average Bonchev–Trinajstić information content (AvgIpc) is 2.69. The van der Waals surface area contributed by atoms with Gasteiger partial charge in [0.15, 0.2) is 0 Å². The maximum Gasteiger partial charge on any atom is 0.127 e. The van der Waals surface area contributed by atoms with E-state index in [9.17, 15) is 4.48 Å². The second-order valence-electron chi connectivity index (χ2n) is 13.4. The molecule has 2 fully saturated rings. The van der Waals surface area contributed by atoms with Gasteiger partial charge in [-0.3, -0.25) is 0 Å². The van der Waals surface area contributed by atoms with Crippen LogP contribution in [0.15, 0.2) is 42.5 Å². The van der Waals surface area contributed by atoms with E-state index in [1.807, 2.05) is 39.8 Å². The summed E-state index contributed by atoms with van der Waals surface area (Å²) in [4.78, 5) is 0. The first kappa shape index (κ1) is 25.3. The summed E-state index contributed by atoms with van der Waals surface area (Å²) in [5.41, 5.74) is 2.94. The Kier molecular flexibility index (Phi) is 6.26. The second-order valence-corrected chi connectivity index (χ2v) is 13.4. The number of hydrogen-bond acceptors (Lipinski definition) is 2. The summed E-state index contributed by atoms with van der Waals surface area (Å²) >= 11 is 0. The molecule has 0 atom stereocenters. The van der Waals surface area contributed by atoms with Crippen LogP contribution in [0, 0.1) is 5.82 Å². The van der Waals surface area contributed by atoms with Crippen molar-refractivity contribution in [3.05, 3.63) is 59.4 Å². The Bertz CT molecular complexity index is 1000. The lowest BCUT2D eigenvalue weighted by Crippen LogP contribution is -2.57. The van der Waals surface area contributed by atoms with E-state index in [1.54, 1.807) is 6.07 Å². The van der Waals surface area contributed by atoms with Crippen LogP contribution < -0.4 is 5.32 Å². The molecule has 2 saturated heterocycles. The van der Waals surface area contributed by atoms with Crippen molar-refractivity contribution in [1.29, 1.82) is 0 Å². The van der Waals surface area contributed by atoms with E-state index in [1.165, 1.54) is 5.56 Å². The minimum absolute atomic E-state index is 0.0000422. The number of rotatable bonds is 3. The first-order valence-electron chi connectivity index (χ1n) is 12.7. The van der Waals surface area contributed by atoms with Gasteiger partial charge in [-0.05, 0) is 121 Å². The summed E-state index contributed by atoms with van der Waals surface area (Å²) in [7, 11) is 0. The van der Waals surface area contributed by atoms with Crippen LogP contribution in [0.25, 0.3) is 11.1 Å². The number of halogens is 2. The Balaban J connectivity index is 1.55. The molecular formula is C30H42F2N2. The smallest absolute Gasteiger partial charge is 0.127 e. The van der Waals surface area contributed by atoms with Crippen LogP contribution >= 0.6 is 0 Å². The van der Waals surface area contributed by atoms with Crippen LogP contribution in [0.4, 0.5) is 8.87 Å². The third-order valence-electron chi connectivity index (χ3n) is 7.90. The molecule has 2 aromatic carbocycles. The zero-order valence-electron chi connectivity index (χ0n) is 22.2. The van der Waals surface area contributed by atoms with E-state index >= 15 is 4.39 Å². The molecule has 2 aromatic rings. The van der Waals surface area contributed by atoms with Gasteiger partial charge in [0, 0.05) is 22.2 Å². The van der Waals surface area contributed by atoms with Gasteiger partial charge in [-0.25, -0.2) is 4.39 Å². The van der Waals surface area contributed by atoms with Gasteiger partial charge in [0.05, 0.1) is 0 Å². The fourth-order valence-corrected chi connectivity index (χ4v) is 7.02. The molecule has 186 valence electrons. The lowest BCUT2D eigenvalue weighted by molar-refractivity contribution is -0.173. The first-order chi connectivity index (χ1) is 15.6. The second kappa shape index (κ2) is 8.41. The normalized spacial score (nSPS) is 24.8. The van der Waals surface area contributed by atoms with Crippen LogP contribution in [-0.4, -0.2) is 27.3 Å². The largest absolute Gasteiger partial charge is 0.307 e. The number of hydrogen-bond donors (Lipinski definition) is 1. The molecule has 2 aliphatic rings. The van der Waals surface area contributed by atoms with Crippen LogP contribution in [0.2, 0.25) is 0 Å². The van der Waals surface area contributed by atoms with E-state index in [2.05, 4.69) is 57.3 Å². The highest BCUT2D eigenvalue weighted by Gasteiger charge is 2.47. The highest BCUT2D eigenvalue weighted by Crippen LogP contribution is 2.46. The van der Waals surface area contributed by atoms with Crippen molar-refractivity contribution >= 4 is 0 Å². The Morgan fingerprint density at radius 1 is 0.706 bits per heavy atom. The van der Waals surface area contributed by atoms with Crippen LogP contribution in [-0.2, 0) is 0 Å². The molecule has 0 bridgehead atoms. The van der Waals surface area contributed by atoms with Gasteiger partial charge < -0.3 is 5.32 Å². The molecule has 2 nitrogen and oxygen atoms in total. The van der Waals surface area contributed by atoms with Crippen LogP contribution in [0.1, 0.15) is 104 Å². The van der Waals surface area contributed by atoms with Crippen molar-refractivity contribution in [1.82, 2.24) is 10.4 Å². The van der Waals surface area contributed by atoms with Gasteiger partial charge >= 0.3 is 0 Å². The lowest BCUT2D eigenvalue weighted by atomic mass is 9.72. The zero-order valence-corrected chi connectivity index (χ0v) is 22.2. The van der Waals surface area contributed by atoms with Crippen molar-refractivity contribution < 1.29 is 8.87 Å². The summed E-state index contributed by atoms with van der Waals surface area (Å²) < 4.78 is 30.2. The average molecular weight is 469 g/mol. The predicted molar refractivity (Wildman–Crippen MR) is 138 cm³/mol. The number of benzene rings is 2. The highest BCUT2D eigenvalue weighted by atomic mass is 19.2. The summed E-state index contributed by atoms with van der Waals surface area (Å²) in [6.07, 6.45) is 3.40. The van der Waals surface area contributed by atoms with Crippen molar-refractivity contribution in [2.75, 3.05) is 0 Å². The quantitative estimate of drug-likeness (QED) is 0.457. The molecular weight excluding hydrogens is 426 g/mol. The fraction of sp³-hybridized carbons (Fsp3) is 0.600. The van der Waals surface area contributed by atoms with E-state index in [4.69, 9.17) is 0 Å². The molecule has 1 N–H and O–H groups in total. The van der Waals surface area contributed by atoms with Gasteiger partial charge in [0.1, 0.15) is 5.82 Å². The maximum atomic E-state index is 15.3. The van der Waals surface area contributed by atoms with Crippen LogP contribution in [0.5, 0.6) is 0 Å². The van der Waals surface area contributed by atoms with E-state index < -0.39 is 11.1 Å². The third-order valence-corrected chi connectivity index (χ3v) is 7.90. The molecule has 34 heavy (non-hydrogen) atoms. The molecule has 2 heterocycles. The number of nitrogens with zero attached hydrogens (tertiary/aromatic N) is 1. The van der Waals surface area contributed by atoms with E-state index in [0.717, 1.165) is 29.1 Å². The molecule has 4 rings (SSSR count). The number of nitrogens with one attached hydrogen (secondary N) is 1. The fourth-order valence-electron chi connectivity index (χ4n) is 7.02. The lowest BCUT2D eigenvalue weighted by Gasteiger charge is -2.50. The summed E-state index contributed by atoms with van der Waals surface area (Å²) in [5, 5.41) is 4.71. The maximum absolute atomic E-state index is 15.3. The molecule has 0 radical (unpaired) electrons. The Morgan fingerprint density at radius 3 is 1.71 bits per heavy atom. The third kappa shape index (κ3) is 5.09. The van der Waals surface area contributed by atoms with Gasteiger partial charge in [-0.1, -0.05) is 36.4 Å². The van der Waals surface area contributed by atoms with Gasteiger partial charge in [0.2, 0.25) is 0 Å². The first-order valence-corrected chi connectivity index (χ1v) is 12.7. The summed E-state index contributed by atoms with van der Waals surface area (Å²) in [6.45, 7) is 16.7. The summed E-state index contributed by atoms with van der Waals surface area (Å²) in [6, 6.07) is 14.3. The van der Waals surface area contributed by atoms with Crippen LogP contribution in [0.3, 0.4) is 0 Å². The van der Waals surface area contributed by atoms with Gasteiger partial charge in [-0.15, -0.1) is 9.60 Å². The molecule has 0 aliphatic carbocycles. The minimum Gasteiger partial charge on any atom is -0.307 e. The molecule has 0 aromatic heterocycles. The molecule has 0 amide bonds. The highest BCUT2D eigenvalue weighted by molar-refractivity contribution is 5.64. The van der Waals surface area contributed by atoms with Crippen molar-refractivity contribution in [2.24, 2.45) is 0 Å². The molecule has 0 saturated carbocycles. The SMILES string of the molecule is CC1(C)CC(c2ccc(-c3ccc(C4CC(C)(C)N(F)C(C)(C)C4)c(F)c3)cc2)CC(C)(C)N1. The molecule has 4 heteroatoms. The Labute approximate surface area is 205 Å². The van der Waals surface area contributed by atoms with Gasteiger partial charge in [-0.2, -0.15) is 0 Å². The molecule has 2 aliphatic heterocycles. The van der Waals surface area contributed by atoms with Crippen molar-refractivity contribution in [2.45, 2.75) is 115 Å². The predicted octanol–water partition coefficient (Wildman–Crippen LogP) is 8.14. The molecule has 0 spiro atoms. The number of piperidine rings is 2. The monoisotopic (exact) mass is 468 g/mol. The molecule has 0 unspecified atom stereocenters. The van der Waals surface area contributed by atoms with E-state index in [0.29, 0.717) is 24.3 Å². The Morgan fingerprint density at radius 2 is 1.21 bits per heavy atom. The standard InChI is InChI=1S/C30H42F2N2/c1-27(2)16-23(17-28(3,4)33-27)21-11-9-20(10-12-21)22-13-14-25(26(31)15-22)24-18-29(5,6)34(32)30(7,8)19-24/h9-15,23-24,33H,16-19H2,1-8H3. The van der Waals surface area contributed by atoms with Gasteiger partial charge in [0.25, 0.3) is 0 Å². The van der Waals surface area contributed by atoms with Crippen molar-refractivity contribution in [3.63, 3.8) is 0 Å².